The molecule has 1 atom stereocenters. The molecule has 0 radical (unpaired) electrons. The first-order valence-electron chi connectivity index (χ1n) is 9.75. The molecule has 0 saturated heterocycles. The summed E-state index contributed by atoms with van der Waals surface area (Å²) in [6, 6.07) is 17.0. The number of nitrogens with zero attached hydrogens (tertiary/aromatic N) is 2. The zero-order valence-corrected chi connectivity index (χ0v) is 17.1. The van der Waals surface area contributed by atoms with Crippen LogP contribution in [0.2, 0.25) is 5.02 Å². The smallest absolute Gasteiger partial charge is 0.317 e. The number of rotatable bonds is 3. The Bertz CT molecular complexity index is 1090. The summed E-state index contributed by atoms with van der Waals surface area (Å²) in [4.78, 5) is 18.7. The van der Waals surface area contributed by atoms with Crippen LogP contribution in [0.4, 0.5) is 23.7 Å². The van der Waals surface area contributed by atoms with E-state index in [0.717, 1.165) is 23.4 Å². The molecule has 1 aliphatic rings. The normalized spacial score (nSPS) is 16.0. The molecule has 0 saturated carbocycles. The number of urea groups is 1. The zero-order chi connectivity index (χ0) is 22.0. The summed E-state index contributed by atoms with van der Waals surface area (Å²) in [5.74, 6) is 0. The van der Waals surface area contributed by atoms with E-state index in [1.54, 1.807) is 17.0 Å². The minimum absolute atomic E-state index is 0.0682. The number of anilines is 1. The quantitative estimate of drug-likeness (QED) is 0.527. The molecule has 4 nitrogen and oxygen atoms in total. The number of fused-ring (bicyclic) bond motifs is 1. The van der Waals surface area contributed by atoms with E-state index >= 15 is 0 Å². The van der Waals surface area contributed by atoms with Crippen LogP contribution < -0.4 is 5.32 Å². The van der Waals surface area contributed by atoms with E-state index < -0.39 is 17.8 Å². The van der Waals surface area contributed by atoms with Crippen molar-refractivity contribution in [2.45, 2.75) is 25.1 Å². The number of nitrogens with one attached hydrogen (secondary N) is 1. The minimum atomic E-state index is -4.52. The Labute approximate surface area is 182 Å². The van der Waals surface area contributed by atoms with Crippen molar-refractivity contribution in [1.82, 2.24) is 9.88 Å². The molecule has 0 aliphatic carbocycles. The van der Waals surface area contributed by atoms with Crippen LogP contribution in [0.25, 0.3) is 0 Å². The van der Waals surface area contributed by atoms with Crippen LogP contribution in [0, 0.1) is 0 Å². The number of hydrogen-bond donors (Lipinski definition) is 1. The van der Waals surface area contributed by atoms with Gasteiger partial charge >= 0.3 is 12.2 Å². The van der Waals surface area contributed by atoms with Gasteiger partial charge in [-0.25, -0.2) is 4.79 Å². The van der Waals surface area contributed by atoms with Crippen molar-refractivity contribution in [3.05, 3.63) is 94.3 Å². The van der Waals surface area contributed by atoms with Crippen molar-refractivity contribution in [3.63, 3.8) is 0 Å². The fraction of sp³-hybridized carbons (Fsp3) is 0.217. The second-order valence-corrected chi connectivity index (χ2v) is 7.72. The molecular weight excluding hydrogens is 427 g/mol. The maximum absolute atomic E-state index is 13.1. The highest BCUT2D eigenvalue weighted by Crippen LogP contribution is 2.36. The Kier molecular flexibility index (Phi) is 5.87. The van der Waals surface area contributed by atoms with Gasteiger partial charge in [-0.1, -0.05) is 54.1 Å². The number of benzene rings is 2. The third-order valence-electron chi connectivity index (χ3n) is 5.33. The summed E-state index contributed by atoms with van der Waals surface area (Å²) in [5.41, 5.74) is 2.11. The Morgan fingerprint density at radius 2 is 1.84 bits per heavy atom. The van der Waals surface area contributed by atoms with Gasteiger partial charge in [0.25, 0.3) is 0 Å². The summed E-state index contributed by atoms with van der Waals surface area (Å²) in [5, 5.41) is 2.82. The Morgan fingerprint density at radius 1 is 1.13 bits per heavy atom. The van der Waals surface area contributed by atoms with E-state index in [1.165, 1.54) is 0 Å². The first-order valence-corrected chi connectivity index (χ1v) is 10.1. The lowest BCUT2D eigenvalue weighted by Crippen LogP contribution is -2.43. The number of carbonyl (C=O) groups excluding carboxylic acids is 1. The molecule has 3 aromatic rings. The molecule has 0 bridgehead atoms. The summed E-state index contributed by atoms with van der Waals surface area (Å²) in [7, 11) is 0. The van der Waals surface area contributed by atoms with Crippen LogP contribution >= 0.6 is 11.6 Å². The van der Waals surface area contributed by atoms with E-state index in [4.69, 9.17) is 11.6 Å². The number of hydrogen-bond acceptors (Lipinski definition) is 2. The van der Waals surface area contributed by atoms with Crippen LogP contribution in [0.5, 0.6) is 0 Å². The lowest BCUT2D eigenvalue weighted by Gasteiger charge is -2.37. The first-order chi connectivity index (χ1) is 14.8. The molecule has 0 fully saturated rings. The third-order valence-corrected chi connectivity index (χ3v) is 5.66. The highest BCUT2D eigenvalue weighted by atomic mass is 35.5. The SMILES string of the molecule is O=C(Nc1ccccc1)N1CCc2ccccc2C1Cc1ncc(C(F)(F)F)cc1Cl. The average molecular weight is 446 g/mol. The minimum Gasteiger partial charge on any atom is -0.317 e. The number of carbonyl (C=O) groups is 1. The molecule has 2 amide bonds. The molecule has 1 aromatic heterocycles. The fourth-order valence-electron chi connectivity index (χ4n) is 3.79. The van der Waals surface area contributed by atoms with Crippen LogP contribution in [0.1, 0.15) is 28.4 Å². The third kappa shape index (κ3) is 4.66. The molecule has 2 heterocycles. The van der Waals surface area contributed by atoms with Gasteiger partial charge in [0.1, 0.15) is 0 Å². The lowest BCUT2D eigenvalue weighted by molar-refractivity contribution is -0.137. The predicted octanol–water partition coefficient (Wildman–Crippen LogP) is 6.13. The van der Waals surface area contributed by atoms with Gasteiger partial charge in [0.05, 0.1) is 22.3 Å². The molecular formula is C23H19ClF3N3O. The van der Waals surface area contributed by atoms with Gasteiger partial charge in [0, 0.05) is 24.8 Å². The van der Waals surface area contributed by atoms with Gasteiger partial charge in [-0.15, -0.1) is 0 Å². The number of amides is 2. The van der Waals surface area contributed by atoms with Crippen molar-refractivity contribution in [2.24, 2.45) is 0 Å². The monoisotopic (exact) mass is 445 g/mol. The van der Waals surface area contributed by atoms with Crippen LogP contribution in [0.15, 0.2) is 66.9 Å². The standard InChI is InChI=1S/C23H19ClF3N3O/c24-19-12-16(23(25,26)27)14-28-20(19)13-21-18-9-5-4-6-15(18)10-11-30(21)22(31)29-17-7-2-1-3-8-17/h1-9,12,14,21H,10-11,13H2,(H,29,31). The van der Waals surface area contributed by atoms with Crippen LogP contribution in [0.3, 0.4) is 0 Å². The zero-order valence-electron chi connectivity index (χ0n) is 16.4. The largest absolute Gasteiger partial charge is 0.417 e. The van der Waals surface area contributed by atoms with Gasteiger partial charge < -0.3 is 10.2 Å². The molecule has 160 valence electrons. The van der Waals surface area contributed by atoms with Gasteiger partial charge in [-0.2, -0.15) is 13.2 Å². The lowest BCUT2D eigenvalue weighted by atomic mass is 9.90. The Balaban J connectivity index is 1.65. The topological polar surface area (TPSA) is 45.2 Å². The Hall–Kier alpha value is -3.06. The number of aromatic nitrogens is 1. The number of para-hydroxylation sites is 1. The van der Waals surface area contributed by atoms with Crippen molar-refractivity contribution < 1.29 is 18.0 Å². The molecule has 1 N–H and O–H groups in total. The summed E-state index contributed by atoms with van der Waals surface area (Å²) >= 11 is 6.16. The molecule has 1 unspecified atom stereocenters. The highest BCUT2D eigenvalue weighted by molar-refractivity contribution is 6.31. The maximum Gasteiger partial charge on any atom is 0.417 e. The summed E-state index contributed by atoms with van der Waals surface area (Å²) < 4.78 is 38.9. The van der Waals surface area contributed by atoms with Crippen molar-refractivity contribution in [1.29, 1.82) is 0 Å². The predicted molar refractivity (Wildman–Crippen MR) is 113 cm³/mol. The van der Waals surface area contributed by atoms with Crippen LogP contribution in [-0.2, 0) is 19.0 Å². The summed E-state index contributed by atoms with van der Waals surface area (Å²) in [6.07, 6.45) is -2.85. The van der Waals surface area contributed by atoms with E-state index in [2.05, 4.69) is 10.3 Å². The van der Waals surface area contributed by atoms with E-state index in [1.807, 2.05) is 42.5 Å². The maximum atomic E-state index is 13.1. The summed E-state index contributed by atoms with van der Waals surface area (Å²) in [6.45, 7) is 0.471. The highest BCUT2D eigenvalue weighted by Gasteiger charge is 2.34. The van der Waals surface area contributed by atoms with Gasteiger partial charge in [-0.3, -0.25) is 4.98 Å². The average Bonchev–Trinajstić information content (AvgIpc) is 2.75. The van der Waals surface area contributed by atoms with E-state index in [-0.39, 0.29) is 17.5 Å². The fourth-order valence-corrected chi connectivity index (χ4v) is 4.03. The molecule has 4 rings (SSSR count). The van der Waals surface area contributed by atoms with E-state index in [9.17, 15) is 18.0 Å². The van der Waals surface area contributed by atoms with Crippen molar-refractivity contribution in [2.75, 3.05) is 11.9 Å². The second-order valence-electron chi connectivity index (χ2n) is 7.31. The number of halogens is 4. The molecule has 1 aliphatic heterocycles. The first kappa shape index (κ1) is 21.2. The Morgan fingerprint density at radius 3 is 2.55 bits per heavy atom. The van der Waals surface area contributed by atoms with Gasteiger partial charge in [0.15, 0.2) is 0 Å². The molecule has 8 heteroatoms. The van der Waals surface area contributed by atoms with Gasteiger partial charge in [0.2, 0.25) is 0 Å². The molecule has 0 spiro atoms. The van der Waals surface area contributed by atoms with Gasteiger partial charge in [-0.05, 0) is 35.7 Å². The number of pyridine rings is 1. The van der Waals surface area contributed by atoms with E-state index in [0.29, 0.717) is 24.3 Å². The second kappa shape index (κ2) is 8.59. The molecule has 31 heavy (non-hydrogen) atoms. The van der Waals surface area contributed by atoms with Crippen LogP contribution in [-0.4, -0.2) is 22.5 Å². The molecule has 2 aromatic carbocycles. The van der Waals surface area contributed by atoms with Crippen molar-refractivity contribution >= 4 is 23.3 Å². The van der Waals surface area contributed by atoms with Crippen molar-refractivity contribution in [3.8, 4) is 0 Å². The number of alkyl halides is 3.